The van der Waals surface area contributed by atoms with Crippen LogP contribution in [0.1, 0.15) is 25.7 Å². The van der Waals surface area contributed by atoms with E-state index in [1.165, 1.54) is 12.8 Å². The van der Waals surface area contributed by atoms with Crippen LogP contribution in [0.25, 0.3) is 0 Å². The first-order chi connectivity index (χ1) is 9.39. The minimum absolute atomic E-state index is 1.01. The largest absolute Gasteiger partial charge is 0.416 e. The molecular weight excluding hydrogens is 332 g/mol. The van der Waals surface area contributed by atoms with E-state index in [4.69, 9.17) is 16.5 Å². The highest BCUT2D eigenvalue weighted by Gasteiger charge is 2.51. The molecule has 0 aromatic carbocycles. The van der Waals surface area contributed by atoms with Crippen molar-refractivity contribution in [3.05, 3.63) is 6.92 Å². The summed E-state index contributed by atoms with van der Waals surface area (Å²) >= 11 is 0. The SMILES string of the molecule is [CH2]CCCCC[Si]1(C)O[Si](C)(C)O[Si](C)(C)O[Si](C)(C)O1. The summed E-state index contributed by atoms with van der Waals surface area (Å²) in [6.45, 7) is 18.8. The smallest absolute Gasteiger partial charge is 0.317 e. The number of hydrogen-bond donors (Lipinski definition) is 0. The third kappa shape index (κ3) is 7.21. The van der Waals surface area contributed by atoms with Crippen LogP contribution in [-0.4, -0.2) is 34.2 Å². The van der Waals surface area contributed by atoms with Gasteiger partial charge in [-0.05, 0) is 51.9 Å². The molecule has 4 nitrogen and oxygen atoms in total. The summed E-state index contributed by atoms with van der Waals surface area (Å²) in [6, 6.07) is 1.02. The van der Waals surface area contributed by atoms with Gasteiger partial charge in [0.1, 0.15) is 0 Å². The van der Waals surface area contributed by atoms with Gasteiger partial charge in [-0.1, -0.05) is 32.6 Å². The Morgan fingerprint density at radius 2 is 1.05 bits per heavy atom. The Morgan fingerprint density at radius 1 is 0.619 bits per heavy atom. The maximum Gasteiger partial charge on any atom is 0.317 e. The van der Waals surface area contributed by atoms with E-state index < -0.39 is 34.2 Å². The molecule has 0 aromatic heterocycles. The highest BCUT2D eigenvalue weighted by molar-refractivity contribution is 6.93. The van der Waals surface area contributed by atoms with Gasteiger partial charge < -0.3 is 16.5 Å². The summed E-state index contributed by atoms with van der Waals surface area (Å²) in [5.41, 5.74) is 0. The molecule has 21 heavy (non-hydrogen) atoms. The Labute approximate surface area is 135 Å². The quantitative estimate of drug-likeness (QED) is 0.525. The van der Waals surface area contributed by atoms with Crippen LogP contribution in [-0.2, 0) is 16.5 Å². The van der Waals surface area contributed by atoms with Crippen LogP contribution in [0.2, 0.25) is 51.9 Å². The van der Waals surface area contributed by atoms with Crippen molar-refractivity contribution in [3.63, 3.8) is 0 Å². The molecule has 1 saturated heterocycles. The van der Waals surface area contributed by atoms with Gasteiger partial charge in [0, 0.05) is 0 Å². The minimum Gasteiger partial charge on any atom is -0.416 e. The van der Waals surface area contributed by atoms with Crippen molar-refractivity contribution in [2.24, 2.45) is 0 Å². The fraction of sp³-hybridized carbons (Fsp3) is 0.923. The van der Waals surface area contributed by atoms with E-state index >= 15 is 0 Å². The van der Waals surface area contributed by atoms with Crippen LogP contribution in [0, 0.1) is 6.92 Å². The lowest BCUT2D eigenvalue weighted by molar-refractivity contribution is 0.233. The van der Waals surface area contributed by atoms with E-state index in [-0.39, 0.29) is 0 Å². The van der Waals surface area contributed by atoms with Gasteiger partial charge in [0.05, 0.1) is 0 Å². The van der Waals surface area contributed by atoms with Gasteiger partial charge in [-0.25, -0.2) is 0 Å². The maximum atomic E-state index is 6.52. The number of rotatable bonds is 5. The fourth-order valence-electron chi connectivity index (χ4n) is 3.21. The predicted molar refractivity (Wildman–Crippen MR) is 97.0 cm³/mol. The zero-order valence-corrected chi connectivity index (χ0v) is 18.9. The Morgan fingerprint density at radius 3 is 1.48 bits per heavy atom. The van der Waals surface area contributed by atoms with Crippen LogP contribution < -0.4 is 0 Å². The molecule has 0 N–H and O–H groups in total. The summed E-state index contributed by atoms with van der Waals surface area (Å²) in [7, 11) is -8.77. The molecule has 0 unspecified atom stereocenters. The second-order valence-corrected chi connectivity index (χ2v) is 21.8. The van der Waals surface area contributed by atoms with Crippen molar-refractivity contribution in [2.45, 2.75) is 77.6 Å². The van der Waals surface area contributed by atoms with Gasteiger partial charge in [0.2, 0.25) is 0 Å². The lowest BCUT2D eigenvalue weighted by Gasteiger charge is -2.47. The van der Waals surface area contributed by atoms with E-state index in [0.717, 1.165) is 18.9 Å². The first kappa shape index (κ1) is 19.8. The Hall–Kier alpha value is 0.708. The van der Waals surface area contributed by atoms with Crippen molar-refractivity contribution >= 4 is 34.2 Å². The van der Waals surface area contributed by atoms with Gasteiger partial charge >= 0.3 is 34.2 Å². The van der Waals surface area contributed by atoms with Gasteiger partial charge in [-0.3, -0.25) is 0 Å². The number of unbranched alkanes of at least 4 members (excludes halogenated alkanes) is 3. The summed E-state index contributed by atoms with van der Waals surface area (Å²) in [5, 5.41) is 0. The van der Waals surface area contributed by atoms with Gasteiger partial charge in [0.15, 0.2) is 0 Å². The number of hydrogen-bond acceptors (Lipinski definition) is 4. The van der Waals surface area contributed by atoms with Crippen molar-refractivity contribution in [1.82, 2.24) is 0 Å². The molecule has 1 radical (unpaired) electrons. The highest BCUT2D eigenvalue weighted by atomic mass is 28.5. The average molecular weight is 366 g/mol. The molecule has 0 amide bonds. The van der Waals surface area contributed by atoms with Crippen molar-refractivity contribution in [2.75, 3.05) is 0 Å². The van der Waals surface area contributed by atoms with Gasteiger partial charge in [-0.15, -0.1) is 0 Å². The Bertz CT molecular complexity index is 325. The molecule has 8 heteroatoms. The van der Waals surface area contributed by atoms with Crippen molar-refractivity contribution < 1.29 is 16.5 Å². The molecule has 1 fully saturated rings. The molecule has 1 aliphatic rings. The summed E-state index contributed by atoms with van der Waals surface area (Å²) < 4.78 is 25.7. The van der Waals surface area contributed by atoms with Gasteiger partial charge in [-0.2, -0.15) is 0 Å². The molecule has 0 atom stereocenters. The third-order valence-electron chi connectivity index (χ3n) is 3.29. The second kappa shape index (κ2) is 7.08. The topological polar surface area (TPSA) is 36.9 Å². The van der Waals surface area contributed by atoms with E-state index in [2.05, 4.69) is 52.8 Å². The minimum atomic E-state index is -2.23. The van der Waals surface area contributed by atoms with E-state index in [1.54, 1.807) is 0 Å². The average Bonchev–Trinajstić information content (AvgIpc) is 2.17. The molecule has 0 bridgehead atoms. The molecule has 0 aromatic rings. The van der Waals surface area contributed by atoms with Crippen LogP contribution in [0.15, 0.2) is 0 Å². The lowest BCUT2D eigenvalue weighted by atomic mass is 10.2. The van der Waals surface area contributed by atoms with E-state index in [0.29, 0.717) is 0 Å². The first-order valence-corrected chi connectivity index (χ1v) is 19.0. The summed E-state index contributed by atoms with van der Waals surface area (Å²) in [6.07, 6.45) is 4.53. The van der Waals surface area contributed by atoms with Crippen LogP contribution in [0.5, 0.6) is 0 Å². The predicted octanol–water partition coefficient (Wildman–Crippen LogP) is 4.64. The molecule has 0 saturated carbocycles. The molecule has 125 valence electrons. The van der Waals surface area contributed by atoms with Crippen molar-refractivity contribution in [3.8, 4) is 0 Å². The second-order valence-electron chi connectivity index (χ2n) is 7.41. The standard InChI is InChI=1S/C13H33O4Si4/c1-9-10-11-12-13-21(8)16-19(4,5)14-18(2,3)15-20(6,7)17-21/h1,9-13H2,2-8H3. The molecule has 1 heterocycles. The van der Waals surface area contributed by atoms with Crippen LogP contribution in [0.3, 0.4) is 0 Å². The highest BCUT2D eigenvalue weighted by Crippen LogP contribution is 2.33. The molecule has 1 rings (SSSR count). The first-order valence-electron chi connectivity index (χ1n) is 7.99. The third-order valence-corrected chi connectivity index (χ3v) is 19.8. The van der Waals surface area contributed by atoms with E-state index in [9.17, 15) is 0 Å². The zero-order valence-electron chi connectivity index (χ0n) is 14.9. The van der Waals surface area contributed by atoms with E-state index in [1.807, 2.05) is 0 Å². The Kier molecular flexibility index (Phi) is 6.66. The summed E-state index contributed by atoms with van der Waals surface area (Å²) in [4.78, 5) is 0. The lowest BCUT2D eigenvalue weighted by Crippen LogP contribution is -2.64. The molecule has 0 aliphatic carbocycles. The van der Waals surface area contributed by atoms with Crippen molar-refractivity contribution in [1.29, 1.82) is 0 Å². The fourth-order valence-corrected chi connectivity index (χ4v) is 24.9. The molecule has 0 spiro atoms. The normalized spacial score (nSPS) is 26.9. The monoisotopic (exact) mass is 365 g/mol. The maximum absolute atomic E-state index is 6.52. The summed E-state index contributed by atoms with van der Waals surface area (Å²) in [5.74, 6) is 0. The van der Waals surface area contributed by atoms with Crippen LogP contribution >= 0.6 is 0 Å². The van der Waals surface area contributed by atoms with Crippen LogP contribution in [0.4, 0.5) is 0 Å². The molecular formula is C13H33O4Si4. The molecule has 1 aliphatic heterocycles. The Balaban J connectivity index is 2.83. The zero-order chi connectivity index (χ0) is 16.4. The van der Waals surface area contributed by atoms with Gasteiger partial charge in [0.25, 0.3) is 0 Å².